The molecular formula is C16H12NO. The van der Waals surface area contributed by atoms with Gasteiger partial charge in [-0.25, -0.2) is 0 Å². The lowest BCUT2D eigenvalue weighted by Crippen LogP contribution is -2.16. The number of hydrogen-bond donors (Lipinski definition) is 0. The molecule has 0 saturated heterocycles. The maximum absolute atomic E-state index is 12.1. The van der Waals surface area contributed by atoms with E-state index in [1.54, 1.807) is 11.6 Å². The fourth-order valence-corrected chi connectivity index (χ4v) is 2.19. The molecule has 0 bridgehead atoms. The van der Waals surface area contributed by atoms with Crippen molar-refractivity contribution >= 4 is 10.8 Å². The number of aromatic nitrogens is 1. The third-order valence-corrected chi connectivity index (χ3v) is 3.09. The molecule has 0 spiro atoms. The Balaban J connectivity index is 2.44. The van der Waals surface area contributed by atoms with Crippen molar-refractivity contribution in [3.8, 4) is 11.1 Å². The lowest BCUT2D eigenvalue weighted by Gasteiger charge is -2.09. The molecule has 0 saturated carbocycles. The molecule has 0 aliphatic heterocycles. The Labute approximate surface area is 105 Å². The number of rotatable bonds is 1. The minimum atomic E-state index is 0.0327. The zero-order valence-electron chi connectivity index (χ0n) is 10.1. The van der Waals surface area contributed by atoms with Crippen LogP contribution in [-0.2, 0) is 7.05 Å². The smallest absolute Gasteiger partial charge is 0.258 e. The SMILES string of the molecule is Cn1cc(-c2[c]cccc2)c2ccccc2c1=O. The molecule has 0 aliphatic rings. The molecule has 0 fully saturated rings. The number of fused-ring (bicyclic) bond motifs is 1. The van der Waals surface area contributed by atoms with Crippen molar-refractivity contribution in [2.24, 2.45) is 7.05 Å². The average Bonchev–Trinajstić information content (AvgIpc) is 2.44. The van der Waals surface area contributed by atoms with E-state index in [0.717, 1.165) is 21.9 Å². The second kappa shape index (κ2) is 4.15. The van der Waals surface area contributed by atoms with Crippen molar-refractivity contribution in [3.05, 3.63) is 71.1 Å². The highest BCUT2D eigenvalue weighted by Crippen LogP contribution is 2.25. The second-order valence-corrected chi connectivity index (χ2v) is 4.28. The molecule has 18 heavy (non-hydrogen) atoms. The number of aryl methyl sites for hydroxylation is 1. The van der Waals surface area contributed by atoms with E-state index >= 15 is 0 Å². The quantitative estimate of drug-likeness (QED) is 0.634. The molecular weight excluding hydrogens is 222 g/mol. The predicted molar refractivity (Wildman–Crippen MR) is 73.5 cm³/mol. The van der Waals surface area contributed by atoms with Gasteiger partial charge in [0.05, 0.1) is 0 Å². The van der Waals surface area contributed by atoms with Crippen LogP contribution < -0.4 is 5.56 Å². The van der Waals surface area contributed by atoms with E-state index in [0.29, 0.717) is 0 Å². The van der Waals surface area contributed by atoms with E-state index in [2.05, 4.69) is 6.07 Å². The molecule has 0 unspecified atom stereocenters. The van der Waals surface area contributed by atoms with Gasteiger partial charge in [0.1, 0.15) is 0 Å². The number of benzene rings is 2. The fraction of sp³-hybridized carbons (Fsp3) is 0.0625. The summed E-state index contributed by atoms with van der Waals surface area (Å²) in [6.45, 7) is 0. The van der Waals surface area contributed by atoms with Gasteiger partial charge in [-0.1, -0.05) is 42.5 Å². The summed E-state index contributed by atoms with van der Waals surface area (Å²) in [6.07, 6.45) is 1.87. The summed E-state index contributed by atoms with van der Waals surface area (Å²) in [5, 5.41) is 1.72. The highest BCUT2D eigenvalue weighted by Gasteiger charge is 2.07. The Morgan fingerprint density at radius 2 is 1.72 bits per heavy atom. The highest BCUT2D eigenvalue weighted by molar-refractivity contribution is 5.95. The fourth-order valence-electron chi connectivity index (χ4n) is 2.19. The van der Waals surface area contributed by atoms with Gasteiger partial charge in [-0.3, -0.25) is 4.79 Å². The summed E-state index contributed by atoms with van der Waals surface area (Å²) in [6, 6.07) is 18.7. The first-order chi connectivity index (χ1) is 8.77. The number of nitrogens with zero attached hydrogens (tertiary/aromatic N) is 1. The van der Waals surface area contributed by atoms with Gasteiger partial charge in [0.15, 0.2) is 0 Å². The van der Waals surface area contributed by atoms with Crippen LogP contribution >= 0.6 is 0 Å². The van der Waals surface area contributed by atoms with Crippen molar-refractivity contribution in [3.63, 3.8) is 0 Å². The lowest BCUT2D eigenvalue weighted by atomic mass is 10.0. The first-order valence-electron chi connectivity index (χ1n) is 5.83. The van der Waals surface area contributed by atoms with Gasteiger partial charge in [-0.05, 0) is 23.1 Å². The van der Waals surface area contributed by atoms with Crippen molar-refractivity contribution < 1.29 is 0 Å². The van der Waals surface area contributed by atoms with Crippen LogP contribution in [-0.4, -0.2) is 4.57 Å². The van der Waals surface area contributed by atoms with Gasteiger partial charge in [-0.2, -0.15) is 0 Å². The monoisotopic (exact) mass is 234 g/mol. The van der Waals surface area contributed by atoms with Gasteiger partial charge < -0.3 is 4.57 Å². The summed E-state index contributed by atoms with van der Waals surface area (Å²) < 4.78 is 1.62. The molecule has 87 valence electrons. The van der Waals surface area contributed by atoms with Crippen LogP contribution in [0.3, 0.4) is 0 Å². The predicted octanol–water partition coefficient (Wildman–Crippen LogP) is 3.01. The normalized spacial score (nSPS) is 10.7. The molecule has 3 aromatic rings. The first kappa shape index (κ1) is 10.8. The van der Waals surface area contributed by atoms with Gasteiger partial charge in [0.25, 0.3) is 5.56 Å². The van der Waals surface area contributed by atoms with Crippen LogP contribution in [0.15, 0.2) is 59.5 Å². The third-order valence-electron chi connectivity index (χ3n) is 3.09. The summed E-state index contributed by atoms with van der Waals surface area (Å²) >= 11 is 0. The van der Waals surface area contributed by atoms with E-state index in [1.807, 2.05) is 54.7 Å². The molecule has 0 aliphatic carbocycles. The van der Waals surface area contributed by atoms with Crippen LogP contribution in [0.25, 0.3) is 21.9 Å². The van der Waals surface area contributed by atoms with E-state index < -0.39 is 0 Å². The standard InChI is InChI=1S/C16H12NO/c1-17-11-15(12-7-3-2-4-8-12)13-9-5-6-10-14(13)16(17)18/h2-7,9-11H,1H3. The molecule has 2 heteroatoms. The zero-order chi connectivity index (χ0) is 12.5. The minimum Gasteiger partial charge on any atom is -0.317 e. The first-order valence-corrected chi connectivity index (χ1v) is 5.83. The van der Waals surface area contributed by atoms with E-state index in [1.165, 1.54) is 0 Å². The van der Waals surface area contributed by atoms with Crippen LogP contribution in [0.4, 0.5) is 0 Å². The maximum Gasteiger partial charge on any atom is 0.258 e. The van der Waals surface area contributed by atoms with Gasteiger partial charge in [0.2, 0.25) is 0 Å². The Morgan fingerprint density at radius 1 is 1.00 bits per heavy atom. The Hall–Kier alpha value is -2.35. The molecule has 1 radical (unpaired) electrons. The molecule has 1 aromatic heterocycles. The van der Waals surface area contributed by atoms with E-state index in [-0.39, 0.29) is 5.56 Å². The van der Waals surface area contributed by atoms with Crippen LogP contribution in [0.5, 0.6) is 0 Å². The summed E-state index contributed by atoms with van der Waals surface area (Å²) in [7, 11) is 1.78. The average molecular weight is 234 g/mol. The van der Waals surface area contributed by atoms with Crippen molar-refractivity contribution in [2.45, 2.75) is 0 Å². The summed E-state index contributed by atoms with van der Waals surface area (Å²) in [4.78, 5) is 12.1. The molecule has 2 nitrogen and oxygen atoms in total. The highest BCUT2D eigenvalue weighted by atomic mass is 16.1. The Morgan fingerprint density at radius 3 is 2.44 bits per heavy atom. The van der Waals surface area contributed by atoms with Gasteiger partial charge >= 0.3 is 0 Å². The van der Waals surface area contributed by atoms with Crippen molar-refractivity contribution in [2.75, 3.05) is 0 Å². The lowest BCUT2D eigenvalue weighted by molar-refractivity contribution is 0.875. The van der Waals surface area contributed by atoms with Crippen molar-refractivity contribution in [1.82, 2.24) is 4.57 Å². The van der Waals surface area contributed by atoms with E-state index in [9.17, 15) is 4.79 Å². The molecule has 0 amide bonds. The number of hydrogen-bond acceptors (Lipinski definition) is 1. The van der Waals surface area contributed by atoms with Crippen LogP contribution in [0.2, 0.25) is 0 Å². The molecule has 1 heterocycles. The summed E-state index contributed by atoms with van der Waals surface area (Å²) in [5.41, 5.74) is 2.07. The Bertz CT molecular complexity index is 757. The third kappa shape index (κ3) is 1.63. The Kier molecular flexibility index (Phi) is 2.49. The van der Waals surface area contributed by atoms with Gasteiger partial charge in [0, 0.05) is 24.2 Å². The second-order valence-electron chi connectivity index (χ2n) is 4.28. The molecule has 0 atom stereocenters. The number of pyridine rings is 1. The molecule has 0 N–H and O–H groups in total. The minimum absolute atomic E-state index is 0.0327. The van der Waals surface area contributed by atoms with E-state index in [4.69, 9.17) is 0 Å². The molecule has 3 rings (SSSR count). The summed E-state index contributed by atoms with van der Waals surface area (Å²) in [5.74, 6) is 0. The maximum atomic E-state index is 12.1. The van der Waals surface area contributed by atoms with Gasteiger partial charge in [-0.15, -0.1) is 0 Å². The van der Waals surface area contributed by atoms with Crippen molar-refractivity contribution in [1.29, 1.82) is 0 Å². The largest absolute Gasteiger partial charge is 0.317 e. The zero-order valence-corrected chi connectivity index (χ0v) is 10.1. The molecule has 2 aromatic carbocycles. The van der Waals surface area contributed by atoms with Crippen LogP contribution in [0.1, 0.15) is 0 Å². The topological polar surface area (TPSA) is 22.0 Å². The van der Waals surface area contributed by atoms with Crippen LogP contribution in [0, 0.1) is 6.07 Å².